The molecule has 0 radical (unpaired) electrons. The predicted molar refractivity (Wildman–Crippen MR) is 304 cm³/mol. The summed E-state index contributed by atoms with van der Waals surface area (Å²) in [5.41, 5.74) is -4.87. The highest BCUT2D eigenvalue weighted by molar-refractivity contribution is 6.00. The third kappa shape index (κ3) is 23.6. The summed E-state index contributed by atoms with van der Waals surface area (Å²) in [7, 11) is 1.18. The number of methoxy groups -OCH3 is 1. The van der Waals surface area contributed by atoms with Crippen molar-refractivity contribution in [3.8, 4) is 0 Å². The number of benzene rings is 1. The molecule has 0 bridgehead atoms. The molecule has 0 aliphatic rings. The van der Waals surface area contributed by atoms with E-state index in [-0.39, 0.29) is 12.5 Å². The Morgan fingerprint density at radius 2 is 0.864 bits per heavy atom. The molecule has 458 valence electrons. The largest absolute Gasteiger partial charge is 0.467 e. The van der Waals surface area contributed by atoms with Gasteiger partial charge >= 0.3 is 12.1 Å². The molecule has 0 unspecified atom stereocenters. The molecule has 24 nitrogen and oxygen atoms in total. The van der Waals surface area contributed by atoms with Gasteiger partial charge in [-0.05, 0) is 104 Å². The Hall–Kier alpha value is -6.85. The summed E-state index contributed by atoms with van der Waals surface area (Å²) in [6.07, 6.45) is -1.44. The van der Waals surface area contributed by atoms with Crippen LogP contribution in [0.2, 0.25) is 0 Å². The fourth-order valence-electron chi connectivity index (χ4n) is 7.80. The van der Waals surface area contributed by atoms with E-state index in [4.69, 9.17) is 14.2 Å². The monoisotopic (exact) mass is 1140 g/mol. The van der Waals surface area contributed by atoms with Crippen molar-refractivity contribution in [3.05, 3.63) is 35.9 Å². The van der Waals surface area contributed by atoms with Gasteiger partial charge in [-0.1, -0.05) is 106 Å². The topological polar surface area (TPSA) is 336 Å². The minimum absolute atomic E-state index is 0.0468. The Morgan fingerprint density at radius 3 is 1.32 bits per heavy atom. The molecule has 8 atom stereocenters. The molecule has 0 aliphatic heterocycles. The number of esters is 1. The van der Waals surface area contributed by atoms with Gasteiger partial charge in [0.2, 0.25) is 53.2 Å². The van der Waals surface area contributed by atoms with E-state index < -0.39 is 160 Å². The van der Waals surface area contributed by atoms with Crippen molar-refractivity contribution in [2.24, 2.45) is 29.6 Å². The summed E-state index contributed by atoms with van der Waals surface area (Å²) in [6, 6.07) is 1.67. The van der Waals surface area contributed by atoms with Crippen LogP contribution in [0, 0.1) is 29.6 Å². The van der Waals surface area contributed by atoms with Gasteiger partial charge in [-0.15, -0.1) is 0 Å². The molecule has 0 saturated heterocycles. The first-order valence-electron chi connectivity index (χ1n) is 27.6. The molecule has 1 aromatic rings. The minimum atomic E-state index is -1.75. The Kier molecular flexibility index (Phi) is 28.0. The number of hydrogen-bond donors (Lipinski definition) is 10. The van der Waals surface area contributed by atoms with Crippen molar-refractivity contribution >= 4 is 65.2 Å². The fourth-order valence-corrected chi connectivity index (χ4v) is 7.80. The Bertz CT molecular complexity index is 2350. The van der Waals surface area contributed by atoms with Gasteiger partial charge in [0.1, 0.15) is 58.5 Å². The zero-order valence-corrected chi connectivity index (χ0v) is 51.7. The fraction of sp³-hybridized carbons (Fsp3) is 0.702. The number of amides is 10. The molecular weight excluding hydrogens is 1050 g/mol. The van der Waals surface area contributed by atoms with Gasteiger partial charge in [-0.3, -0.25) is 43.2 Å². The summed E-state index contributed by atoms with van der Waals surface area (Å²) in [5, 5.41) is 26.4. The lowest BCUT2D eigenvalue weighted by molar-refractivity contribution is -0.150. The average Bonchev–Trinajstić information content (AvgIpc) is 3.35. The molecule has 0 heterocycles. The smallest absolute Gasteiger partial charge is 0.408 e. The van der Waals surface area contributed by atoms with E-state index in [0.717, 1.165) is 5.56 Å². The molecule has 1 rings (SSSR count). The maximum atomic E-state index is 14.3. The molecular formula is C57H96N10O14. The predicted octanol–water partition coefficient (Wildman–Crippen LogP) is 2.55. The summed E-state index contributed by atoms with van der Waals surface area (Å²) in [5.74, 6) is -9.97. The van der Waals surface area contributed by atoms with Gasteiger partial charge in [0.25, 0.3) is 0 Å². The van der Waals surface area contributed by atoms with Crippen molar-refractivity contribution in [2.75, 3.05) is 13.7 Å². The van der Waals surface area contributed by atoms with E-state index in [2.05, 4.69) is 53.2 Å². The normalized spacial score (nSPS) is 15.0. The highest BCUT2D eigenvalue weighted by atomic mass is 16.6. The van der Waals surface area contributed by atoms with E-state index in [0.29, 0.717) is 6.42 Å². The maximum Gasteiger partial charge on any atom is 0.408 e. The summed E-state index contributed by atoms with van der Waals surface area (Å²) >= 11 is 0. The number of hydrogen-bond acceptors (Lipinski definition) is 14. The van der Waals surface area contributed by atoms with Crippen LogP contribution >= 0.6 is 0 Å². The standard InChI is InChI=1S/C57H96N10O14/c1-22-34(10)42(49(74)66-56(17,18)51(76)63-43(35(11)80-29-36-26-24-23-25-27-36)47(72)60-41(33(8)9)48(73)67-57(19,20)52(77)79-21)61-45(70)39(31(4)5)59-46(71)40(32(6)7)62-50(75)55(15,16)65-37(68)28-58-44(69)38(30(2)3)64-53(78)81-54(12,13)14/h23-27,30-35,38-43H,22,28-29H2,1-21H3,(H,58,69)(H,59,71)(H,60,72)(H,61,70)(H,62,75)(H,63,76)(H,64,78)(H,65,68)(H,66,74)(H,67,73)/t34-,35+,38-,39-,40-,41-,42-,43-/m0/s1. The lowest BCUT2D eigenvalue weighted by Crippen LogP contribution is -2.66. The SMILES string of the molecule is CC[C@H](C)[C@H](NC(=O)[C@@H](NC(=O)[C@@H](NC(=O)C(C)(C)NC(=O)CNC(=O)[C@@H](NC(=O)OC(C)(C)C)C(C)C)C(C)C)C(C)C)C(=O)NC(C)(C)C(=O)N[C@H](C(=O)N[C@H](C(=O)NC(C)(C)C(=O)OC)C(C)C)[C@@H](C)OCc1ccccc1. The van der Waals surface area contributed by atoms with Crippen LogP contribution in [-0.4, -0.2) is 143 Å². The molecule has 81 heavy (non-hydrogen) atoms. The number of rotatable bonds is 30. The second-order valence-corrected chi connectivity index (χ2v) is 24.5. The number of ether oxygens (including phenoxy) is 3. The van der Waals surface area contributed by atoms with Gasteiger partial charge in [0, 0.05) is 0 Å². The number of alkyl carbamates (subject to hydrolysis) is 1. The molecule has 1 aromatic carbocycles. The minimum Gasteiger partial charge on any atom is -0.467 e. The van der Waals surface area contributed by atoms with Crippen LogP contribution in [0.3, 0.4) is 0 Å². The second kappa shape index (κ2) is 31.4. The molecule has 0 saturated carbocycles. The van der Waals surface area contributed by atoms with Crippen LogP contribution in [0.1, 0.15) is 150 Å². The molecule has 0 fully saturated rings. The Labute approximate surface area is 479 Å². The third-order valence-electron chi connectivity index (χ3n) is 13.1. The van der Waals surface area contributed by atoms with E-state index >= 15 is 0 Å². The van der Waals surface area contributed by atoms with Crippen LogP contribution in [-0.2, 0) is 68.8 Å². The maximum absolute atomic E-state index is 14.3. The number of nitrogens with one attached hydrogen (secondary N) is 10. The van der Waals surface area contributed by atoms with Crippen molar-refractivity contribution < 1.29 is 67.0 Å². The van der Waals surface area contributed by atoms with Crippen LogP contribution in [0.15, 0.2) is 30.3 Å². The van der Waals surface area contributed by atoms with Crippen LogP contribution < -0.4 is 53.2 Å². The van der Waals surface area contributed by atoms with Crippen LogP contribution in [0.25, 0.3) is 0 Å². The first kappa shape index (κ1) is 72.2. The molecule has 0 aromatic heterocycles. The molecule has 10 N–H and O–H groups in total. The lowest BCUT2D eigenvalue weighted by atomic mass is 9.94. The zero-order valence-electron chi connectivity index (χ0n) is 51.7. The van der Waals surface area contributed by atoms with Crippen molar-refractivity contribution in [2.45, 2.75) is 216 Å². The number of carbonyl (C=O) groups is 11. The number of carbonyl (C=O) groups excluding carboxylic acids is 11. The van der Waals surface area contributed by atoms with Gasteiger partial charge in [-0.2, -0.15) is 0 Å². The van der Waals surface area contributed by atoms with E-state index in [9.17, 15) is 52.7 Å². The summed E-state index contributed by atoms with van der Waals surface area (Å²) in [6.45, 7) is 31.5. The highest BCUT2D eigenvalue weighted by Crippen LogP contribution is 2.17. The lowest BCUT2D eigenvalue weighted by Gasteiger charge is -2.34. The van der Waals surface area contributed by atoms with Crippen molar-refractivity contribution in [1.29, 1.82) is 0 Å². The Morgan fingerprint density at radius 1 is 0.469 bits per heavy atom. The van der Waals surface area contributed by atoms with Gasteiger partial charge < -0.3 is 67.4 Å². The quantitative estimate of drug-likeness (QED) is 0.0496. The van der Waals surface area contributed by atoms with Crippen LogP contribution in [0.4, 0.5) is 4.79 Å². The molecule has 24 heteroatoms. The third-order valence-corrected chi connectivity index (χ3v) is 13.1. The zero-order chi connectivity index (χ0) is 62.7. The Balaban J connectivity index is 3.33. The van der Waals surface area contributed by atoms with Crippen molar-refractivity contribution in [1.82, 2.24) is 53.2 Å². The first-order valence-corrected chi connectivity index (χ1v) is 27.6. The van der Waals surface area contributed by atoms with Crippen molar-refractivity contribution in [3.63, 3.8) is 0 Å². The van der Waals surface area contributed by atoms with Gasteiger partial charge in [0.05, 0.1) is 26.4 Å². The molecule has 0 aliphatic carbocycles. The molecule has 10 amide bonds. The van der Waals surface area contributed by atoms with Crippen LogP contribution in [0.5, 0.6) is 0 Å². The summed E-state index contributed by atoms with van der Waals surface area (Å²) in [4.78, 5) is 149. The second-order valence-electron chi connectivity index (χ2n) is 24.5. The highest BCUT2D eigenvalue weighted by Gasteiger charge is 2.42. The first-order chi connectivity index (χ1) is 37.1. The van der Waals surface area contributed by atoms with E-state index in [1.807, 2.05) is 30.3 Å². The average molecular weight is 1150 g/mol. The molecule has 0 spiro atoms. The van der Waals surface area contributed by atoms with E-state index in [1.54, 1.807) is 96.9 Å². The van der Waals surface area contributed by atoms with Gasteiger partial charge in [0.15, 0.2) is 0 Å². The summed E-state index contributed by atoms with van der Waals surface area (Å²) < 4.78 is 16.2. The van der Waals surface area contributed by atoms with Gasteiger partial charge in [-0.25, -0.2) is 9.59 Å². The van der Waals surface area contributed by atoms with E-state index in [1.165, 1.54) is 48.7 Å².